The van der Waals surface area contributed by atoms with Crippen LogP contribution in [0.3, 0.4) is 0 Å². The lowest BCUT2D eigenvalue weighted by atomic mass is 9.89. The number of benzene rings is 1. The van der Waals surface area contributed by atoms with E-state index < -0.39 is 16.9 Å². The van der Waals surface area contributed by atoms with Crippen LogP contribution >= 0.6 is 0 Å². The van der Waals surface area contributed by atoms with E-state index in [4.69, 9.17) is 0 Å². The number of hydrogen-bond acceptors (Lipinski definition) is 6. The molecule has 0 amide bonds. The van der Waals surface area contributed by atoms with Gasteiger partial charge in [0.05, 0.1) is 32.0 Å². The number of nitrogens with zero attached hydrogens (tertiary/aromatic N) is 1. The molecule has 7 nitrogen and oxygen atoms in total. The molecule has 0 aliphatic rings. The first-order valence-corrected chi connectivity index (χ1v) is 7.33. The molecule has 1 aromatic rings. The molecule has 0 saturated carbocycles. The Hall–Kier alpha value is -2.44. The van der Waals surface area contributed by atoms with Crippen molar-refractivity contribution in [3.63, 3.8) is 0 Å². The number of nitro groups is 1. The number of rotatable bonds is 7. The van der Waals surface area contributed by atoms with E-state index in [1.54, 1.807) is 13.0 Å². The summed E-state index contributed by atoms with van der Waals surface area (Å²) in [6, 6.07) is 1.62. The summed E-state index contributed by atoms with van der Waals surface area (Å²) in [6.45, 7) is 3.67. The number of aryl methyl sites for hydroxylation is 1. The summed E-state index contributed by atoms with van der Waals surface area (Å²) < 4.78 is 9.30. The Morgan fingerprint density at radius 3 is 2.00 bits per heavy atom. The van der Waals surface area contributed by atoms with Crippen LogP contribution in [0, 0.1) is 10.1 Å². The first kappa shape index (κ1) is 18.6. The minimum absolute atomic E-state index is 0.0256. The topological polar surface area (TPSA) is 95.7 Å². The maximum atomic E-state index is 11.6. The Balaban J connectivity index is 3.59. The first-order valence-electron chi connectivity index (χ1n) is 7.33. The molecule has 0 bridgehead atoms. The van der Waals surface area contributed by atoms with E-state index in [9.17, 15) is 19.7 Å². The highest BCUT2D eigenvalue weighted by molar-refractivity contribution is 5.77. The summed E-state index contributed by atoms with van der Waals surface area (Å²) in [7, 11) is 2.51. The summed E-state index contributed by atoms with van der Waals surface area (Å²) in [5.41, 5.74) is 2.08. The molecular formula is C16H21NO6. The Labute approximate surface area is 134 Å². The molecule has 0 aromatic heterocycles. The third kappa shape index (κ3) is 4.28. The van der Waals surface area contributed by atoms with Crippen LogP contribution in [0.1, 0.15) is 36.1 Å². The third-order valence-corrected chi connectivity index (χ3v) is 3.72. The number of methoxy groups -OCH3 is 2. The predicted octanol–water partition coefficient (Wildman–Crippen LogP) is 2.15. The molecule has 1 rings (SSSR count). The van der Waals surface area contributed by atoms with Gasteiger partial charge in [-0.15, -0.1) is 0 Å². The highest BCUT2D eigenvalue weighted by Gasteiger charge is 2.27. The highest BCUT2D eigenvalue weighted by atomic mass is 16.6. The number of carbonyl (C=O) groups excluding carboxylic acids is 2. The SMILES string of the molecule is CCc1cc(CC(=O)OC)c([N+](=O)[O-])c(CC)c1CC(=O)OC. The molecule has 0 N–H and O–H groups in total. The summed E-state index contributed by atoms with van der Waals surface area (Å²) in [6.07, 6.45) is 0.768. The Bertz CT molecular complexity index is 623. The molecule has 0 fully saturated rings. The predicted molar refractivity (Wildman–Crippen MR) is 83.3 cm³/mol. The minimum Gasteiger partial charge on any atom is -0.469 e. The molecule has 0 heterocycles. The van der Waals surface area contributed by atoms with Crippen molar-refractivity contribution < 1.29 is 24.0 Å². The van der Waals surface area contributed by atoms with Crippen LogP contribution in [0.5, 0.6) is 0 Å². The lowest BCUT2D eigenvalue weighted by molar-refractivity contribution is -0.386. The van der Waals surface area contributed by atoms with E-state index in [0.717, 1.165) is 5.56 Å². The van der Waals surface area contributed by atoms with Crippen LogP contribution in [0.15, 0.2) is 6.07 Å². The quantitative estimate of drug-likeness (QED) is 0.433. The summed E-state index contributed by atoms with van der Waals surface area (Å²) >= 11 is 0. The zero-order chi connectivity index (χ0) is 17.6. The fourth-order valence-electron chi connectivity index (χ4n) is 2.62. The minimum atomic E-state index is -0.544. The first-order chi connectivity index (χ1) is 10.9. The normalized spacial score (nSPS) is 10.3. The van der Waals surface area contributed by atoms with Gasteiger partial charge in [-0.1, -0.05) is 13.8 Å². The van der Waals surface area contributed by atoms with Crippen molar-refractivity contribution in [3.05, 3.63) is 38.4 Å². The van der Waals surface area contributed by atoms with Crippen molar-refractivity contribution in [2.24, 2.45) is 0 Å². The van der Waals surface area contributed by atoms with Gasteiger partial charge in [-0.05, 0) is 30.0 Å². The number of hydrogen-bond donors (Lipinski definition) is 0. The number of ether oxygens (including phenoxy) is 2. The van der Waals surface area contributed by atoms with Crippen molar-refractivity contribution in [3.8, 4) is 0 Å². The van der Waals surface area contributed by atoms with Gasteiger partial charge in [0.1, 0.15) is 0 Å². The fraction of sp³-hybridized carbons (Fsp3) is 0.500. The van der Waals surface area contributed by atoms with E-state index in [1.165, 1.54) is 14.2 Å². The lowest BCUT2D eigenvalue weighted by Crippen LogP contribution is -2.14. The Morgan fingerprint density at radius 2 is 1.57 bits per heavy atom. The van der Waals surface area contributed by atoms with E-state index in [0.29, 0.717) is 29.5 Å². The smallest absolute Gasteiger partial charge is 0.310 e. The van der Waals surface area contributed by atoms with Gasteiger partial charge in [0.2, 0.25) is 0 Å². The molecule has 0 spiro atoms. The van der Waals surface area contributed by atoms with Crippen LogP contribution in [0.25, 0.3) is 0 Å². The van der Waals surface area contributed by atoms with Gasteiger partial charge in [0, 0.05) is 11.1 Å². The van der Waals surface area contributed by atoms with Crippen LogP contribution in [0.2, 0.25) is 0 Å². The number of esters is 2. The molecule has 0 aliphatic heterocycles. The van der Waals surface area contributed by atoms with Crippen molar-refractivity contribution in [2.45, 2.75) is 39.5 Å². The molecule has 0 radical (unpaired) electrons. The van der Waals surface area contributed by atoms with Crippen molar-refractivity contribution in [1.29, 1.82) is 0 Å². The maximum absolute atomic E-state index is 11.6. The van der Waals surface area contributed by atoms with Gasteiger partial charge in [-0.25, -0.2) is 0 Å². The van der Waals surface area contributed by atoms with Crippen molar-refractivity contribution in [2.75, 3.05) is 14.2 Å². The largest absolute Gasteiger partial charge is 0.469 e. The standard InChI is InChI=1S/C16H21NO6/c1-5-10-7-11(8-14(18)22-3)16(17(20)21)12(6-2)13(10)9-15(19)23-4/h7H,5-6,8-9H2,1-4H3. The van der Waals surface area contributed by atoms with Crippen molar-refractivity contribution >= 4 is 17.6 Å². The molecule has 0 atom stereocenters. The second kappa shape index (κ2) is 8.26. The number of carbonyl (C=O) groups is 2. The molecule has 23 heavy (non-hydrogen) atoms. The van der Waals surface area contributed by atoms with Crippen LogP contribution < -0.4 is 0 Å². The van der Waals surface area contributed by atoms with Gasteiger partial charge >= 0.3 is 11.9 Å². The molecule has 0 saturated heterocycles. The van der Waals surface area contributed by atoms with Gasteiger partial charge < -0.3 is 9.47 Å². The van der Waals surface area contributed by atoms with Crippen molar-refractivity contribution in [1.82, 2.24) is 0 Å². The third-order valence-electron chi connectivity index (χ3n) is 3.72. The zero-order valence-electron chi connectivity index (χ0n) is 13.8. The van der Waals surface area contributed by atoms with E-state index in [2.05, 4.69) is 9.47 Å². The number of nitro benzene ring substituents is 1. The van der Waals surface area contributed by atoms with Gasteiger partial charge in [0.25, 0.3) is 5.69 Å². The summed E-state index contributed by atoms with van der Waals surface area (Å²) in [5, 5.41) is 11.5. The Kier molecular flexibility index (Phi) is 6.68. The molecule has 126 valence electrons. The second-order valence-electron chi connectivity index (χ2n) is 4.97. The lowest BCUT2D eigenvalue weighted by Gasteiger charge is -2.16. The molecule has 7 heteroatoms. The molecule has 0 unspecified atom stereocenters. The van der Waals surface area contributed by atoms with Crippen LogP contribution in [0.4, 0.5) is 5.69 Å². The zero-order valence-corrected chi connectivity index (χ0v) is 13.8. The van der Waals surface area contributed by atoms with Gasteiger partial charge in [0.15, 0.2) is 0 Å². The summed E-state index contributed by atoms with van der Waals surface area (Å²) in [5.74, 6) is -0.998. The average Bonchev–Trinajstić information content (AvgIpc) is 2.54. The summed E-state index contributed by atoms with van der Waals surface area (Å²) in [4.78, 5) is 34.2. The molecular weight excluding hydrogens is 302 g/mol. The molecule has 0 aliphatic carbocycles. The van der Waals surface area contributed by atoms with E-state index >= 15 is 0 Å². The van der Waals surface area contributed by atoms with E-state index in [1.807, 2.05) is 6.92 Å². The van der Waals surface area contributed by atoms with Crippen LogP contribution in [-0.2, 0) is 44.7 Å². The van der Waals surface area contributed by atoms with Gasteiger partial charge in [-0.3, -0.25) is 19.7 Å². The van der Waals surface area contributed by atoms with Gasteiger partial charge in [-0.2, -0.15) is 0 Å². The second-order valence-corrected chi connectivity index (χ2v) is 4.97. The van der Waals surface area contributed by atoms with E-state index in [-0.39, 0.29) is 18.5 Å². The average molecular weight is 323 g/mol. The molecule has 1 aromatic carbocycles. The highest BCUT2D eigenvalue weighted by Crippen LogP contribution is 2.32. The van der Waals surface area contributed by atoms with Crippen LogP contribution in [-0.4, -0.2) is 31.1 Å². The fourth-order valence-corrected chi connectivity index (χ4v) is 2.62. The monoisotopic (exact) mass is 323 g/mol. The Morgan fingerprint density at radius 1 is 1.00 bits per heavy atom. The maximum Gasteiger partial charge on any atom is 0.310 e.